The third-order valence-electron chi connectivity index (χ3n) is 4.59. The number of carbonyl (C=O) groups is 1. The van der Waals surface area contributed by atoms with Crippen molar-refractivity contribution in [2.75, 3.05) is 33.7 Å². The van der Waals surface area contributed by atoms with Crippen LogP contribution in [0.4, 0.5) is 4.39 Å². The largest absolute Gasteiger partial charge is 0.354 e. The summed E-state index contributed by atoms with van der Waals surface area (Å²) in [6, 6.07) is 6.56. The van der Waals surface area contributed by atoms with Gasteiger partial charge >= 0.3 is 0 Å². The molecule has 25 heavy (non-hydrogen) atoms. The molecule has 1 aromatic rings. The molecule has 1 atom stereocenters. The molecule has 1 aliphatic rings. The fourth-order valence-electron chi connectivity index (χ4n) is 3.12. The van der Waals surface area contributed by atoms with Crippen LogP contribution in [0, 0.1) is 11.7 Å². The van der Waals surface area contributed by atoms with E-state index in [0.717, 1.165) is 37.9 Å². The number of hydrogen-bond acceptors (Lipinski definition) is 3. The van der Waals surface area contributed by atoms with Crippen LogP contribution in [-0.4, -0.2) is 44.5 Å². The maximum absolute atomic E-state index is 13.4. The summed E-state index contributed by atoms with van der Waals surface area (Å²) in [7, 11) is 3.88. The van der Waals surface area contributed by atoms with Crippen molar-refractivity contribution in [3.63, 3.8) is 0 Å². The quantitative estimate of drug-likeness (QED) is 0.747. The van der Waals surface area contributed by atoms with E-state index in [1.54, 1.807) is 6.07 Å². The van der Waals surface area contributed by atoms with Crippen molar-refractivity contribution < 1.29 is 9.18 Å². The van der Waals surface area contributed by atoms with Gasteiger partial charge in [0.2, 0.25) is 5.91 Å². The average molecular weight is 394 g/mol. The molecule has 1 heterocycles. The van der Waals surface area contributed by atoms with E-state index in [-0.39, 0.29) is 42.6 Å². The first-order valence-corrected chi connectivity index (χ1v) is 8.45. The molecule has 1 unspecified atom stereocenters. The van der Waals surface area contributed by atoms with Gasteiger partial charge in [-0.25, -0.2) is 4.39 Å². The Morgan fingerprint density at radius 2 is 2.00 bits per heavy atom. The molecule has 0 radical (unpaired) electrons. The number of carbonyl (C=O) groups excluding carboxylic acids is 1. The highest BCUT2D eigenvalue weighted by Gasteiger charge is 2.17. The van der Waals surface area contributed by atoms with Crippen molar-refractivity contribution in [1.82, 2.24) is 15.5 Å². The van der Waals surface area contributed by atoms with E-state index in [9.17, 15) is 9.18 Å². The van der Waals surface area contributed by atoms with Crippen molar-refractivity contribution >= 4 is 30.7 Å². The van der Waals surface area contributed by atoms with Crippen LogP contribution < -0.4 is 10.6 Å². The zero-order valence-electron chi connectivity index (χ0n) is 15.0. The predicted octanol–water partition coefficient (Wildman–Crippen LogP) is 3.17. The maximum atomic E-state index is 13.4. The molecule has 1 amide bonds. The number of likely N-dealkylation sites (N-methyl/N-ethyl adjacent to an activating group) is 1. The number of rotatable bonds is 7. The minimum absolute atomic E-state index is 0. The van der Waals surface area contributed by atoms with E-state index in [1.807, 2.05) is 25.1 Å². The SMILES string of the molecule is CN(C)C(CNC(=O)CCC1CCNCC1)c1cccc(F)c1.Cl.Cl. The minimum atomic E-state index is -0.244. The molecule has 0 saturated carbocycles. The van der Waals surface area contributed by atoms with Gasteiger partial charge in [0.05, 0.1) is 6.04 Å². The molecule has 7 heteroatoms. The average Bonchev–Trinajstić information content (AvgIpc) is 2.54. The van der Waals surface area contributed by atoms with E-state index in [1.165, 1.54) is 12.1 Å². The van der Waals surface area contributed by atoms with E-state index in [2.05, 4.69) is 10.6 Å². The van der Waals surface area contributed by atoms with Crippen LogP contribution >= 0.6 is 24.8 Å². The lowest BCUT2D eigenvalue weighted by molar-refractivity contribution is -0.121. The summed E-state index contributed by atoms with van der Waals surface area (Å²) in [4.78, 5) is 14.1. The molecule has 1 aliphatic heterocycles. The number of nitrogens with zero attached hydrogens (tertiary/aromatic N) is 1. The molecule has 0 aliphatic carbocycles. The van der Waals surface area contributed by atoms with Gasteiger partial charge in [-0.15, -0.1) is 24.8 Å². The molecule has 4 nitrogen and oxygen atoms in total. The lowest BCUT2D eigenvalue weighted by atomic mass is 9.93. The number of halogens is 3. The number of hydrogen-bond donors (Lipinski definition) is 2. The Hall–Kier alpha value is -0.880. The van der Waals surface area contributed by atoms with Crippen LogP contribution in [-0.2, 0) is 4.79 Å². The summed E-state index contributed by atoms with van der Waals surface area (Å²) < 4.78 is 13.4. The van der Waals surface area contributed by atoms with Crippen molar-refractivity contribution in [2.45, 2.75) is 31.7 Å². The van der Waals surface area contributed by atoms with Gasteiger partial charge in [0.15, 0.2) is 0 Å². The van der Waals surface area contributed by atoms with E-state index >= 15 is 0 Å². The van der Waals surface area contributed by atoms with Gasteiger partial charge in [0, 0.05) is 13.0 Å². The highest BCUT2D eigenvalue weighted by molar-refractivity contribution is 5.85. The first kappa shape index (κ1) is 24.1. The lowest BCUT2D eigenvalue weighted by Gasteiger charge is -2.26. The molecule has 1 fully saturated rings. The molecule has 0 bridgehead atoms. The Labute approximate surface area is 162 Å². The lowest BCUT2D eigenvalue weighted by Crippen LogP contribution is -2.35. The number of benzene rings is 1. The normalized spacial score (nSPS) is 15.8. The van der Waals surface area contributed by atoms with Crippen molar-refractivity contribution in [2.24, 2.45) is 5.92 Å². The van der Waals surface area contributed by atoms with Crippen LogP contribution in [0.1, 0.15) is 37.3 Å². The maximum Gasteiger partial charge on any atom is 0.220 e. The minimum Gasteiger partial charge on any atom is -0.354 e. The molecular weight excluding hydrogens is 364 g/mol. The predicted molar refractivity (Wildman–Crippen MR) is 105 cm³/mol. The van der Waals surface area contributed by atoms with E-state index in [4.69, 9.17) is 0 Å². The van der Waals surface area contributed by atoms with Crippen LogP contribution in [0.5, 0.6) is 0 Å². The zero-order valence-corrected chi connectivity index (χ0v) is 16.6. The van der Waals surface area contributed by atoms with Gasteiger partial charge in [-0.05, 0) is 70.1 Å². The summed E-state index contributed by atoms with van der Waals surface area (Å²) in [5.41, 5.74) is 0.883. The van der Waals surface area contributed by atoms with Gasteiger partial charge in [-0.3, -0.25) is 4.79 Å². The number of nitrogens with one attached hydrogen (secondary N) is 2. The second kappa shape index (κ2) is 12.5. The second-order valence-corrected chi connectivity index (χ2v) is 6.57. The molecule has 2 rings (SSSR count). The number of piperidine rings is 1. The topological polar surface area (TPSA) is 44.4 Å². The summed E-state index contributed by atoms with van der Waals surface area (Å²) in [5, 5.41) is 6.34. The van der Waals surface area contributed by atoms with Crippen molar-refractivity contribution in [3.8, 4) is 0 Å². The van der Waals surface area contributed by atoms with Crippen molar-refractivity contribution in [3.05, 3.63) is 35.6 Å². The fraction of sp³-hybridized carbons (Fsp3) is 0.611. The summed E-state index contributed by atoms with van der Waals surface area (Å²) in [5.74, 6) is 0.508. The number of amides is 1. The first-order chi connectivity index (χ1) is 11.1. The molecule has 1 saturated heterocycles. The molecular formula is C18H30Cl2FN3O. The summed E-state index contributed by atoms with van der Waals surface area (Å²) >= 11 is 0. The fourth-order valence-corrected chi connectivity index (χ4v) is 3.12. The Morgan fingerprint density at radius 3 is 2.60 bits per heavy atom. The Kier molecular flexibility index (Phi) is 12.0. The van der Waals surface area contributed by atoms with Gasteiger partial charge in [0.1, 0.15) is 5.82 Å². The molecule has 1 aromatic carbocycles. The second-order valence-electron chi connectivity index (χ2n) is 6.57. The standard InChI is InChI=1S/C18H28FN3O.2ClH/c1-22(2)17(15-4-3-5-16(19)12-15)13-21-18(23)7-6-14-8-10-20-11-9-14;;/h3-5,12,14,17,20H,6-11,13H2,1-2H3,(H,21,23);2*1H. The van der Waals surface area contributed by atoms with Gasteiger partial charge in [-0.2, -0.15) is 0 Å². The zero-order chi connectivity index (χ0) is 16.7. The smallest absolute Gasteiger partial charge is 0.220 e. The van der Waals surface area contributed by atoms with Crippen LogP contribution in [0.3, 0.4) is 0 Å². The molecule has 0 spiro atoms. The monoisotopic (exact) mass is 393 g/mol. The van der Waals surface area contributed by atoms with Gasteiger partial charge in [-0.1, -0.05) is 12.1 Å². The van der Waals surface area contributed by atoms with Crippen LogP contribution in [0.15, 0.2) is 24.3 Å². The Morgan fingerprint density at radius 1 is 1.32 bits per heavy atom. The van der Waals surface area contributed by atoms with Crippen molar-refractivity contribution in [1.29, 1.82) is 0 Å². The van der Waals surface area contributed by atoms with Crippen LogP contribution in [0.2, 0.25) is 0 Å². The first-order valence-electron chi connectivity index (χ1n) is 8.45. The Bertz CT molecular complexity index is 511. The van der Waals surface area contributed by atoms with E-state index in [0.29, 0.717) is 18.9 Å². The van der Waals surface area contributed by atoms with Crippen LogP contribution in [0.25, 0.3) is 0 Å². The summed E-state index contributed by atoms with van der Waals surface area (Å²) in [6.07, 6.45) is 3.86. The molecule has 144 valence electrons. The highest BCUT2D eigenvalue weighted by Crippen LogP contribution is 2.19. The third-order valence-corrected chi connectivity index (χ3v) is 4.59. The van der Waals surface area contributed by atoms with E-state index < -0.39 is 0 Å². The van der Waals surface area contributed by atoms with Gasteiger partial charge in [0.25, 0.3) is 0 Å². The molecule has 2 N–H and O–H groups in total. The highest BCUT2D eigenvalue weighted by atomic mass is 35.5. The Balaban J connectivity index is 0.00000288. The van der Waals surface area contributed by atoms with Gasteiger partial charge < -0.3 is 15.5 Å². The molecule has 0 aromatic heterocycles. The summed E-state index contributed by atoms with van der Waals surface area (Å²) in [6.45, 7) is 2.63. The third kappa shape index (κ3) is 8.36.